The number of thiazole rings is 1. The van der Waals surface area contributed by atoms with Crippen molar-refractivity contribution in [3.63, 3.8) is 0 Å². The van der Waals surface area contributed by atoms with Crippen LogP contribution in [-0.4, -0.2) is 12.5 Å². The lowest BCUT2D eigenvalue weighted by atomic mass is 10.1. The van der Waals surface area contributed by atoms with Crippen molar-refractivity contribution in [2.24, 2.45) is 0 Å². The Bertz CT molecular complexity index is 1050. The summed E-state index contributed by atoms with van der Waals surface area (Å²) in [4.78, 5) is 12.7. The second kappa shape index (κ2) is 19.0. The van der Waals surface area contributed by atoms with E-state index in [0.29, 0.717) is 5.56 Å². The van der Waals surface area contributed by atoms with Crippen LogP contribution in [0.15, 0.2) is 59.4 Å². The lowest BCUT2D eigenvalue weighted by Gasteiger charge is -2.09. The van der Waals surface area contributed by atoms with Gasteiger partial charge in [-0.1, -0.05) is 101 Å². The van der Waals surface area contributed by atoms with E-state index in [2.05, 4.69) is 40.7 Å². The number of carbonyl (C=O) groups is 1. The number of nitrogens with zero attached hydrogens (tertiary/aromatic N) is 1. The van der Waals surface area contributed by atoms with Gasteiger partial charge >= 0.3 is 0 Å². The number of unbranched alkanes of at least 4 members (excludes halogenated alkanes) is 11. The van der Waals surface area contributed by atoms with E-state index < -0.39 is 0 Å². The van der Waals surface area contributed by atoms with Crippen LogP contribution in [0.1, 0.15) is 106 Å². The first-order chi connectivity index (χ1) is 18.2. The predicted octanol–water partition coefficient (Wildman–Crippen LogP) is 5.73. The topological polar surface area (TPSA) is 42.2 Å². The van der Waals surface area contributed by atoms with Crippen LogP contribution in [0.2, 0.25) is 0 Å². The van der Waals surface area contributed by atoms with Crippen molar-refractivity contribution in [3.05, 3.63) is 76.2 Å². The molecule has 0 aliphatic rings. The zero-order valence-corrected chi connectivity index (χ0v) is 25.6. The fourth-order valence-corrected chi connectivity index (χ4v) is 5.28. The SMILES string of the molecule is CCCCCCCCCCCCCCOc1ccc(C(=O)Nc2cccc(C[n+]3cscc3C)c2)cc1.[Br-]. The summed E-state index contributed by atoms with van der Waals surface area (Å²) in [5.74, 6) is 0.716. The van der Waals surface area contributed by atoms with Crippen molar-refractivity contribution >= 4 is 22.9 Å². The summed E-state index contributed by atoms with van der Waals surface area (Å²) in [6, 6.07) is 15.5. The quantitative estimate of drug-likeness (QED) is 0.150. The van der Waals surface area contributed by atoms with E-state index in [1.54, 1.807) is 11.3 Å². The van der Waals surface area contributed by atoms with Crippen LogP contribution in [0.3, 0.4) is 0 Å². The number of amides is 1. The summed E-state index contributed by atoms with van der Waals surface area (Å²) >= 11 is 1.69. The maximum atomic E-state index is 12.7. The van der Waals surface area contributed by atoms with E-state index in [9.17, 15) is 4.79 Å². The average Bonchev–Trinajstić information content (AvgIpc) is 3.31. The van der Waals surface area contributed by atoms with Gasteiger partial charge in [0.2, 0.25) is 5.51 Å². The molecule has 1 aromatic heterocycles. The van der Waals surface area contributed by atoms with Gasteiger partial charge in [-0.3, -0.25) is 4.79 Å². The lowest BCUT2D eigenvalue weighted by Crippen LogP contribution is -3.00. The molecule has 0 aliphatic carbocycles. The Morgan fingerprint density at radius 3 is 2.11 bits per heavy atom. The Kier molecular flexibility index (Phi) is 16.0. The number of hydrogen-bond donors (Lipinski definition) is 1. The molecule has 0 unspecified atom stereocenters. The molecule has 3 aromatic rings. The number of nitrogens with one attached hydrogen (secondary N) is 1. The molecule has 0 saturated carbocycles. The Balaban J connectivity index is 0.00000507. The summed E-state index contributed by atoms with van der Waals surface area (Å²) in [6.45, 7) is 5.91. The van der Waals surface area contributed by atoms with Gasteiger partial charge in [0.25, 0.3) is 5.91 Å². The molecule has 6 heteroatoms. The van der Waals surface area contributed by atoms with Crippen molar-refractivity contribution in [1.82, 2.24) is 0 Å². The molecule has 1 N–H and O–H groups in total. The van der Waals surface area contributed by atoms with Gasteiger partial charge in [-0.2, -0.15) is 4.57 Å². The molecule has 1 amide bonds. The molecule has 1 heterocycles. The van der Waals surface area contributed by atoms with Gasteiger partial charge in [0.1, 0.15) is 5.75 Å². The Morgan fingerprint density at radius 1 is 0.868 bits per heavy atom. The summed E-state index contributed by atoms with van der Waals surface area (Å²) in [5, 5.41) is 5.16. The summed E-state index contributed by atoms with van der Waals surface area (Å²) in [5.41, 5.74) is 5.95. The average molecular weight is 602 g/mol. The van der Waals surface area contributed by atoms with E-state index in [1.165, 1.54) is 76.3 Å². The number of rotatable bonds is 18. The zero-order valence-electron chi connectivity index (χ0n) is 23.2. The Hall–Kier alpha value is -2.18. The first-order valence-corrected chi connectivity index (χ1v) is 15.2. The van der Waals surface area contributed by atoms with Gasteiger partial charge in [0, 0.05) is 23.7 Å². The highest BCUT2D eigenvalue weighted by molar-refractivity contribution is 7.07. The molecule has 0 atom stereocenters. The van der Waals surface area contributed by atoms with Gasteiger partial charge in [-0.05, 0) is 42.8 Å². The van der Waals surface area contributed by atoms with Crippen LogP contribution in [-0.2, 0) is 6.54 Å². The molecule has 3 rings (SSSR count). The molecular formula is C32H45BrN2O2S. The van der Waals surface area contributed by atoms with Gasteiger partial charge in [-0.25, -0.2) is 0 Å². The van der Waals surface area contributed by atoms with Gasteiger partial charge in [0.15, 0.2) is 12.2 Å². The third kappa shape index (κ3) is 12.1. The number of anilines is 1. The van der Waals surface area contributed by atoms with E-state index >= 15 is 0 Å². The normalized spacial score (nSPS) is 10.7. The number of aryl methyl sites for hydroxylation is 1. The standard InChI is InChI=1S/C32H44N2O2S.BrH/c1-3-4-5-6-7-8-9-10-11-12-13-14-22-36-31-20-18-29(19-21-31)32(35)33-30-17-15-16-28(23-30)24-34-26-37-25-27(34)2;/h15-21,23,25-26H,3-14,22,24H2,1-2H3;1H. The number of halogens is 1. The molecule has 0 saturated heterocycles. The molecular weight excluding hydrogens is 556 g/mol. The van der Waals surface area contributed by atoms with Gasteiger partial charge in [-0.15, -0.1) is 0 Å². The van der Waals surface area contributed by atoms with E-state index in [-0.39, 0.29) is 22.9 Å². The molecule has 0 aliphatic heterocycles. The zero-order chi connectivity index (χ0) is 26.1. The van der Waals surface area contributed by atoms with Crippen molar-refractivity contribution in [3.8, 4) is 5.75 Å². The first kappa shape index (κ1) is 32.0. The third-order valence-corrected chi connectivity index (χ3v) is 7.65. The molecule has 208 valence electrons. The highest BCUT2D eigenvalue weighted by Gasteiger charge is 2.10. The van der Waals surface area contributed by atoms with Crippen molar-refractivity contribution in [2.45, 2.75) is 97.4 Å². The van der Waals surface area contributed by atoms with Crippen LogP contribution in [0, 0.1) is 6.92 Å². The molecule has 4 nitrogen and oxygen atoms in total. The van der Waals surface area contributed by atoms with Crippen LogP contribution < -0.4 is 31.6 Å². The molecule has 2 aromatic carbocycles. The summed E-state index contributed by atoms with van der Waals surface area (Å²) < 4.78 is 8.10. The minimum atomic E-state index is -0.107. The number of aromatic nitrogens is 1. The first-order valence-electron chi connectivity index (χ1n) is 14.2. The molecule has 0 bridgehead atoms. The van der Waals surface area contributed by atoms with Gasteiger partial charge < -0.3 is 27.0 Å². The highest BCUT2D eigenvalue weighted by Crippen LogP contribution is 2.17. The molecule has 0 spiro atoms. The van der Waals surface area contributed by atoms with E-state index in [1.807, 2.05) is 42.5 Å². The lowest BCUT2D eigenvalue weighted by molar-refractivity contribution is -0.689. The summed E-state index contributed by atoms with van der Waals surface area (Å²) in [6.07, 6.45) is 16.1. The molecule has 0 fully saturated rings. The highest BCUT2D eigenvalue weighted by atomic mass is 79.9. The minimum absolute atomic E-state index is 0. The number of hydrogen-bond acceptors (Lipinski definition) is 3. The maximum absolute atomic E-state index is 12.7. The number of ether oxygens (including phenoxy) is 1. The fourth-order valence-electron chi connectivity index (χ4n) is 4.50. The second-order valence-electron chi connectivity index (χ2n) is 10.0. The monoisotopic (exact) mass is 600 g/mol. The van der Waals surface area contributed by atoms with Crippen LogP contribution >= 0.6 is 11.3 Å². The Labute approximate surface area is 244 Å². The summed E-state index contributed by atoms with van der Waals surface area (Å²) in [7, 11) is 0. The number of carbonyl (C=O) groups excluding carboxylic acids is 1. The van der Waals surface area contributed by atoms with Crippen molar-refractivity contribution < 1.29 is 31.1 Å². The smallest absolute Gasteiger partial charge is 0.255 e. The molecule has 38 heavy (non-hydrogen) atoms. The van der Waals surface area contributed by atoms with Crippen molar-refractivity contribution in [2.75, 3.05) is 11.9 Å². The number of benzene rings is 2. The van der Waals surface area contributed by atoms with Crippen LogP contribution in [0.4, 0.5) is 5.69 Å². The van der Waals surface area contributed by atoms with Crippen LogP contribution in [0.5, 0.6) is 5.75 Å². The van der Waals surface area contributed by atoms with Crippen molar-refractivity contribution in [1.29, 1.82) is 0 Å². The minimum Gasteiger partial charge on any atom is -1.00 e. The van der Waals surface area contributed by atoms with Crippen LogP contribution in [0.25, 0.3) is 0 Å². The third-order valence-electron chi connectivity index (χ3n) is 6.80. The second-order valence-corrected chi connectivity index (χ2v) is 10.8. The maximum Gasteiger partial charge on any atom is 0.255 e. The largest absolute Gasteiger partial charge is 1.00 e. The van der Waals surface area contributed by atoms with Gasteiger partial charge in [0.05, 0.1) is 12.0 Å². The molecule has 0 radical (unpaired) electrons. The predicted molar refractivity (Wildman–Crippen MR) is 156 cm³/mol. The Morgan fingerprint density at radius 2 is 1.50 bits per heavy atom. The fraction of sp³-hybridized carbons (Fsp3) is 0.500. The van der Waals surface area contributed by atoms with E-state index in [4.69, 9.17) is 4.74 Å². The van der Waals surface area contributed by atoms with E-state index in [0.717, 1.165) is 36.6 Å².